The van der Waals surface area contributed by atoms with Crippen molar-refractivity contribution < 1.29 is 23.6 Å². The van der Waals surface area contributed by atoms with Crippen LogP contribution < -0.4 is 0 Å². The number of aromatic nitrogens is 1. The van der Waals surface area contributed by atoms with E-state index in [9.17, 15) is 9.59 Å². The third-order valence-electron chi connectivity index (χ3n) is 6.08. The van der Waals surface area contributed by atoms with Crippen LogP contribution in [0.5, 0.6) is 0 Å². The Bertz CT molecular complexity index is 945. The van der Waals surface area contributed by atoms with Crippen LogP contribution in [0, 0.1) is 13.8 Å². The van der Waals surface area contributed by atoms with Crippen molar-refractivity contribution in [2.45, 2.75) is 39.2 Å². The van der Waals surface area contributed by atoms with Crippen LogP contribution in [-0.2, 0) is 14.3 Å². The summed E-state index contributed by atoms with van der Waals surface area (Å²) in [5.41, 5.74) is 3.33. The van der Waals surface area contributed by atoms with E-state index < -0.39 is 0 Å². The monoisotopic (exact) mass is 441 g/mol. The first-order chi connectivity index (χ1) is 15.5. The van der Waals surface area contributed by atoms with Gasteiger partial charge in [0.1, 0.15) is 0 Å². The summed E-state index contributed by atoms with van der Waals surface area (Å²) < 4.78 is 16.6. The second-order valence-corrected chi connectivity index (χ2v) is 8.52. The van der Waals surface area contributed by atoms with Gasteiger partial charge < -0.3 is 23.8 Å². The average Bonchev–Trinajstić information content (AvgIpc) is 3.50. The van der Waals surface area contributed by atoms with Gasteiger partial charge in [-0.3, -0.25) is 9.59 Å². The van der Waals surface area contributed by atoms with Gasteiger partial charge in [0.05, 0.1) is 19.3 Å². The number of morpholine rings is 1. The molecule has 1 aromatic heterocycles. The Balaban J connectivity index is 1.47. The van der Waals surface area contributed by atoms with Gasteiger partial charge >= 0.3 is 0 Å². The Morgan fingerprint density at radius 1 is 1.16 bits per heavy atom. The van der Waals surface area contributed by atoms with Crippen molar-refractivity contribution >= 4 is 11.8 Å². The molecule has 2 aliphatic rings. The van der Waals surface area contributed by atoms with Crippen LogP contribution in [0.1, 0.15) is 40.9 Å². The van der Waals surface area contributed by atoms with Gasteiger partial charge in [0.2, 0.25) is 5.91 Å². The third kappa shape index (κ3) is 5.37. The lowest BCUT2D eigenvalue weighted by atomic mass is 10.0. The minimum Gasteiger partial charge on any atom is -0.378 e. The second-order valence-electron chi connectivity index (χ2n) is 8.52. The van der Waals surface area contributed by atoms with Gasteiger partial charge in [-0.25, -0.2) is 0 Å². The van der Waals surface area contributed by atoms with Crippen LogP contribution in [0.4, 0.5) is 0 Å². The average molecular weight is 442 g/mol. The molecule has 1 aromatic carbocycles. The number of hydrogen-bond acceptors (Lipinski definition) is 6. The van der Waals surface area contributed by atoms with E-state index in [1.54, 1.807) is 15.9 Å². The highest BCUT2D eigenvalue weighted by molar-refractivity contribution is 5.93. The Labute approximate surface area is 188 Å². The first-order valence-electron chi connectivity index (χ1n) is 11.3. The fourth-order valence-corrected chi connectivity index (χ4v) is 4.18. The van der Waals surface area contributed by atoms with E-state index in [4.69, 9.17) is 14.0 Å². The van der Waals surface area contributed by atoms with Crippen molar-refractivity contribution in [3.63, 3.8) is 0 Å². The fourth-order valence-electron chi connectivity index (χ4n) is 4.18. The van der Waals surface area contributed by atoms with Crippen molar-refractivity contribution in [3.8, 4) is 11.3 Å². The summed E-state index contributed by atoms with van der Waals surface area (Å²) in [6, 6.07) is 7.78. The molecule has 0 radical (unpaired) electrons. The smallest absolute Gasteiger partial charge is 0.276 e. The predicted molar refractivity (Wildman–Crippen MR) is 118 cm³/mol. The largest absolute Gasteiger partial charge is 0.378 e. The molecule has 4 rings (SSSR count). The normalized spacial score (nSPS) is 18.7. The van der Waals surface area contributed by atoms with E-state index in [0.29, 0.717) is 51.8 Å². The van der Waals surface area contributed by atoms with Gasteiger partial charge in [0.25, 0.3) is 5.91 Å². The zero-order chi connectivity index (χ0) is 22.5. The number of carbonyl (C=O) groups is 2. The number of hydrogen-bond donors (Lipinski definition) is 0. The first kappa shape index (κ1) is 22.5. The van der Waals surface area contributed by atoms with E-state index in [0.717, 1.165) is 29.5 Å². The molecule has 2 saturated heterocycles. The maximum Gasteiger partial charge on any atom is 0.276 e. The summed E-state index contributed by atoms with van der Waals surface area (Å²) in [6.45, 7) is 7.80. The molecule has 0 spiro atoms. The highest BCUT2D eigenvalue weighted by atomic mass is 16.5. The molecule has 2 aliphatic heterocycles. The summed E-state index contributed by atoms with van der Waals surface area (Å²) in [5, 5.41) is 4.06. The molecule has 0 saturated carbocycles. The lowest BCUT2D eigenvalue weighted by Gasteiger charge is -2.29. The number of carbonyl (C=O) groups excluding carboxylic acids is 2. The Kier molecular flexibility index (Phi) is 7.22. The van der Waals surface area contributed by atoms with Crippen molar-refractivity contribution in [2.75, 3.05) is 46.0 Å². The van der Waals surface area contributed by atoms with Crippen molar-refractivity contribution in [1.82, 2.24) is 15.0 Å². The molecule has 2 amide bonds. The first-order valence-corrected chi connectivity index (χ1v) is 11.3. The lowest BCUT2D eigenvalue weighted by molar-refractivity contribution is -0.135. The minimum absolute atomic E-state index is 0.0113. The second kappa shape index (κ2) is 10.3. The highest BCUT2D eigenvalue weighted by Gasteiger charge is 2.27. The SMILES string of the molecule is Cc1ccc(C)c(-c2cc(C(=O)N(CCC(=O)N3CCOCC3)CC3CCCO3)no2)c1. The highest BCUT2D eigenvalue weighted by Crippen LogP contribution is 2.26. The van der Waals surface area contributed by atoms with Gasteiger partial charge in [-0.15, -0.1) is 0 Å². The van der Waals surface area contributed by atoms with Crippen LogP contribution in [0.25, 0.3) is 11.3 Å². The number of benzene rings is 1. The van der Waals surface area contributed by atoms with Gasteiger partial charge in [-0.05, 0) is 38.3 Å². The summed E-state index contributed by atoms with van der Waals surface area (Å²) in [7, 11) is 0. The number of aryl methyl sites for hydroxylation is 2. The van der Waals surface area contributed by atoms with E-state index >= 15 is 0 Å². The van der Waals surface area contributed by atoms with Crippen molar-refractivity contribution in [1.29, 1.82) is 0 Å². The van der Waals surface area contributed by atoms with Gasteiger partial charge in [0, 0.05) is 50.8 Å². The molecule has 3 heterocycles. The van der Waals surface area contributed by atoms with Crippen molar-refractivity contribution in [2.24, 2.45) is 0 Å². The number of ether oxygens (including phenoxy) is 2. The molecule has 0 aliphatic carbocycles. The van der Waals surface area contributed by atoms with Crippen LogP contribution in [-0.4, -0.2) is 78.9 Å². The fraction of sp³-hybridized carbons (Fsp3) is 0.542. The lowest BCUT2D eigenvalue weighted by Crippen LogP contribution is -2.44. The van der Waals surface area contributed by atoms with E-state index in [-0.39, 0.29) is 30.0 Å². The maximum absolute atomic E-state index is 13.3. The predicted octanol–water partition coefficient (Wildman–Crippen LogP) is 2.83. The van der Waals surface area contributed by atoms with Crippen LogP contribution in [0.3, 0.4) is 0 Å². The van der Waals surface area contributed by atoms with Gasteiger partial charge in [-0.2, -0.15) is 0 Å². The summed E-state index contributed by atoms with van der Waals surface area (Å²) in [5.74, 6) is 0.362. The molecular weight excluding hydrogens is 410 g/mol. The molecule has 1 unspecified atom stereocenters. The van der Waals surface area contributed by atoms with Crippen LogP contribution in [0.15, 0.2) is 28.8 Å². The van der Waals surface area contributed by atoms with Crippen LogP contribution in [0.2, 0.25) is 0 Å². The summed E-state index contributed by atoms with van der Waals surface area (Å²) in [6.07, 6.45) is 2.15. The standard InChI is InChI=1S/C24H31N3O5/c1-17-5-6-18(2)20(14-17)22-15-21(25-32-22)24(29)27(16-19-4-3-11-31-19)8-7-23(28)26-9-12-30-13-10-26/h5-6,14-15,19H,3-4,7-13,16H2,1-2H3. The van der Waals surface area contributed by atoms with Gasteiger partial charge in [0.15, 0.2) is 11.5 Å². The van der Waals surface area contributed by atoms with Crippen molar-refractivity contribution in [3.05, 3.63) is 41.1 Å². The number of amides is 2. The number of nitrogens with zero attached hydrogens (tertiary/aromatic N) is 3. The number of rotatable bonds is 7. The Hall–Kier alpha value is -2.71. The Morgan fingerprint density at radius 3 is 2.72 bits per heavy atom. The minimum atomic E-state index is -0.240. The molecule has 0 bridgehead atoms. The van der Waals surface area contributed by atoms with Crippen LogP contribution >= 0.6 is 0 Å². The third-order valence-corrected chi connectivity index (χ3v) is 6.08. The maximum atomic E-state index is 13.3. The molecule has 32 heavy (non-hydrogen) atoms. The molecule has 2 fully saturated rings. The molecule has 0 N–H and O–H groups in total. The van der Waals surface area contributed by atoms with E-state index in [1.165, 1.54) is 0 Å². The van der Waals surface area contributed by atoms with E-state index in [2.05, 4.69) is 5.16 Å². The molecule has 1 atom stereocenters. The summed E-state index contributed by atoms with van der Waals surface area (Å²) >= 11 is 0. The quantitative estimate of drug-likeness (QED) is 0.657. The molecule has 172 valence electrons. The zero-order valence-electron chi connectivity index (χ0n) is 18.8. The van der Waals surface area contributed by atoms with Gasteiger partial charge in [-0.1, -0.05) is 22.9 Å². The molecular formula is C24H31N3O5. The molecule has 2 aromatic rings. The van der Waals surface area contributed by atoms with E-state index in [1.807, 2.05) is 32.0 Å². The summed E-state index contributed by atoms with van der Waals surface area (Å²) in [4.78, 5) is 29.4. The zero-order valence-corrected chi connectivity index (χ0v) is 18.8. The topological polar surface area (TPSA) is 85.1 Å². The molecule has 8 nitrogen and oxygen atoms in total. The Morgan fingerprint density at radius 2 is 1.97 bits per heavy atom. The molecule has 8 heteroatoms.